The maximum atomic E-state index is 13.9. The van der Waals surface area contributed by atoms with Gasteiger partial charge in [0.2, 0.25) is 0 Å². The quantitative estimate of drug-likeness (QED) is 0.709. The first-order valence-corrected chi connectivity index (χ1v) is 4.80. The van der Waals surface area contributed by atoms with E-state index in [0.29, 0.717) is 16.1 Å². The molecular formula is C10H10ClFN2. The Hall–Kier alpha value is -1.09. The minimum absolute atomic E-state index is 0.144. The summed E-state index contributed by atoms with van der Waals surface area (Å²) in [5.41, 5.74) is 1.03. The van der Waals surface area contributed by atoms with Gasteiger partial charge in [0.15, 0.2) is 5.82 Å². The molecule has 0 unspecified atom stereocenters. The van der Waals surface area contributed by atoms with Crippen molar-refractivity contribution in [3.63, 3.8) is 0 Å². The van der Waals surface area contributed by atoms with Crippen molar-refractivity contribution in [1.82, 2.24) is 9.61 Å². The van der Waals surface area contributed by atoms with Crippen molar-refractivity contribution >= 4 is 17.1 Å². The normalized spacial score (nSPS) is 11.5. The zero-order valence-corrected chi connectivity index (χ0v) is 8.72. The molecule has 4 heteroatoms. The summed E-state index contributed by atoms with van der Waals surface area (Å²) in [5.74, 6) is -0.129. The summed E-state index contributed by atoms with van der Waals surface area (Å²) in [7, 11) is 0. The minimum atomic E-state index is -0.273. The standard InChI is InChI=1S/C10H10ClFN2/c1-6(2)7-3-4-14-10(9(7)12)8(11)5-13-14/h3-6H,1-2H3. The van der Waals surface area contributed by atoms with Gasteiger partial charge < -0.3 is 0 Å². The topological polar surface area (TPSA) is 17.3 Å². The van der Waals surface area contributed by atoms with Crippen molar-refractivity contribution < 1.29 is 4.39 Å². The fourth-order valence-electron chi connectivity index (χ4n) is 1.47. The van der Waals surface area contributed by atoms with E-state index in [2.05, 4.69) is 5.10 Å². The SMILES string of the molecule is CC(C)c1ccn2ncc(Cl)c2c1F. The van der Waals surface area contributed by atoms with Crippen LogP contribution in [0.4, 0.5) is 4.39 Å². The van der Waals surface area contributed by atoms with Gasteiger partial charge in [0.05, 0.1) is 11.2 Å². The zero-order valence-electron chi connectivity index (χ0n) is 7.96. The van der Waals surface area contributed by atoms with Crippen LogP contribution in [0.1, 0.15) is 25.3 Å². The first-order valence-electron chi connectivity index (χ1n) is 4.42. The van der Waals surface area contributed by atoms with Crippen LogP contribution in [0.2, 0.25) is 5.02 Å². The van der Waals surface area contributed by atoms with Gasteiger partial charge in [-0.15, -0.1) is 0 Å². The van der Waals surface area contributed by atoms with Crippen LogP contribution in [0.5, 0.6) is 0 Å². The van der Waals surface area contributed by atoms with E-state index in [-0.39, 0.29) is 11.7 Å². The molecule has 0 aromatic carbocycles. The minimum Gasteiger partial charge on any atom is -0.236 e. The second-order valence-corrected chi connectivity index (χ2v) is 3.93. The lowest BCUT2D eigenvalue weighted by Crippen LogP contribution is -1.98. The number of halogens is 2. The van der Waals surface area contributed by atoms with Crippen LogP contribution in [0.25, 0.3) is 5.52 Å². The van der Waals surface area contributed by atoms with E-state index in [0.717, 1.165) is 0 Å². The van der Waals surface area contributed by atoms with Gasteiger partial charge in [-0.1, -0.05) is 25.4 Å². The molecule has 0 bridgehead atoms. The molecule has 2 aromatic rings. The molecule has 74 valence electrons. The van der Waals surface area contributed by atoms with Crippen molar-refractivity contribution in [2.24, 2.45) is 0 Å². The van der Waals surface area contributed by atoms with Gasteiger partial charge in [-0.2, -0.15) is 5.10 Å². The molecule has 0 aliphatic heterocycles. The molecule has 0 fully saturated rings. The number of hydrogen-bond donors (Lipinski definition) is 0. The Balaban J connectivity index is 2.79. The molecule has 0 aliphatic carbocycles. The lowest BCUT2D eigenvalue weighted by atomic mass is 10.0. The third-order valence-electron chi connectivity index (χ3n) is 2.23. The molecule has 0 N–H and O–H groups in total. The Bertz CT molecular complexity index is 476. The van der Waals surface area contributed by atoms with Crippen LogP contribution in [0.3, 0.4) is 0 Å². The molecule has 2 rings (SSSR count). The fraction of sp³-hybridized carbons (Fsp3) is 0.300. The van der Waals surface area contributed by atoms with Gasteiger partial charge in [-0.25, -0.2) is 8.91 Å². The Morgan fingerprint density at radius 2 is 2.21 bits per heavy atom. The van der Waals surface area contributed by atoms with Gasteiger partial charge in [-0.05, 0) is 17.5 Å². The number of fused-ring (bicyclic) bond motifs is 1. The number of hydrogen-bond acceptors (Lipinski definition) is 1. The molecule has 0 saturated carbocycles. The van der Waals surface area contributed by atoms with Crippen molar-refractivity contribution in [2.45, 2.75) is 19.8 Å². The summed E-state index contributed by atoms with van der Waals surface area (Å²) >= 11 is 5.83. The van der Waals surface area contributed by atoms with Crippen LogP contribution >= 0.6 is 11.6 Å². The average Bonchev–Trinajstić information content (AvgIpc) is 2.48. The van der Waals surface area contributed by atoms with Crippen LogP contribution in [-0.4, -0.2) is 9.61 Å². The number of pyridine rings is 1. The first-order chi connectivity index (χ1) is 6.61. The molecule has 0 atom stereocenters. The highest BCUT2D eigenvalue weighted by molar-refractivity contribution is 6.33. The molecule has 0 aliphatic rings. The van der Waals surface area contributed by atoms with E-state index in [9.17, 15) is 4.39 Å². The van der Waals surface area contributed by atoms with E-state index in [4.69, 9.17) is 11.6 Å². The second kappa shape index (κ2) is 3.24. The molecule has 0 saturated heterocycles. The van der Waals surface area contributed by atoms with E-state index in [1.807, 2.05) is 13.8 Å². The second-order valence-electron chi connectivity index (χ2n) is 3.53. The van der Waals surface area contributed by atoms with E-state index in [1.54, 1.807) is 12.3 Å². The monoisotopic (exact) mass is 212 g/mol. The molecule has 2 heterocycles. The van der Waals surface area contributed by atoms with Crippen molar-refractivity contribution in [1.29, 1.82) is 0 Å². The van der Waals surface area contributed by atoms with E-state index in [1.165, 1.54) is 10.7 Å². The number of rotatable bonds is 1. The summed E-state index contributed by atoms with van der Waals surface area (Å²) in [6.45, 7) is 3.89. The Morgan fingerprint density at radius 3 is 2.86 bits per heavy atom. The molecular weight excluding hydrogens is 203 g/mol. The lowest BCUT2D eigenvalue weighted by molar-refractivity contribution is 0.600. The van der Waals surface area contributed by atoms with E-state index < -0.39 is 0 Å². The van der Waals surface area contributed by atoms with E-state index >= 15 is 0 Å². The summed E-state index contributed by atoms with van der Waals surface area (Å²) in [6, 6.07) is 1.73. The van der Waals surface area contributed by atoms with Crippen molar-refractivity contribution in [3.05, 3.63) is 34.9 Å². The maximum Gasteiger partial charge on any atom is 0.153 e. The average molecular weight is 213 g/mol. The molecule has 0 spiro atoms. The number of aromatic nitrogens is 2. The largest absolute Gasteiger partial charge is 0.236 e. The summed E-state index contributed by atoms with van der Waals surface area (Å²) in [6.07, 6.45) is 3.17. The first kappa shape index (κ1) is 9.46. The van der Waals surface area contributed by atoms with Gasteiger partial charge >= 0.3 is 0 Å². The Kier molecular flexibility index (Phi) is 2.19. The predicted octanol–water partition coefficient (Wildman–Crippen LogP) is 3.25. The Morgan fingerprint density at radius 1 is 1.50 bits per heavy atom. The highest BCUT2D eigenvalue weighted by Gasteiger charge is 2.13. The van der Waals surface area contributed by atoms with Crippen LogP contribution in [-0.2, 0) is 0 Å². The van der Waals surface area contributed by atoms with Crippen LogP contribution in [0, 0.1) is 5.82 Å². The Labute approximate surface area is 86.3 Å². The highest BCUT2D eigenvalue weighted by Crippen LogP contribution is 2.26. The maximum absolute atomic E-state index is 13.9. The third-order valence-corrected chi connectivity index (χ3v) is 2.51. The van der Waals surface area contributed by atoms with Crippen LogP contribution < -0.4 is 0 Å². The zero-order chi connectivity index (χ0) is 10.3. The predicted molar refractivity (Wildman–Crippen MR) is 54.2 cm³/mol. The van der Waals surface area contributed by atoms with Crippen molar-refractivity contribution in [3.8, 4) is 0 Å². The van der Waals surface area contributed by atoms with Gasteiger partial charge in [0.25, 0.3) is 0 Å². The highest BCUT2D eigenvalue weighted by atomic mass is 35.5. The molecule has 2 nitrogen and oxygen atoms in total. The van der Waals surface area contributed by atoms with Crippen molar-refractivity contribution in [2.75, 3.05) is 0 Å². The lowest BCUT2D eigenvalue weighted by Gasteiger charge is -2.07. The van der Waals surface area contributed by atoms with Gasteiger partial charge in [0, 0.05) is 6.20 Å². The third kappa shape index (κ3) is 1.28. The van der Waals surface area contributed by atoms with Gasteiger partial charge in [0.1, 0.15) is 5.52 Å². The van der Waals surface area contributed by atoms with Gasteiger partial charge in [-0.3, -0.25) is 0 Å². The molecule has 0 amide bonds. The smallest absolute Gasteiger partial charge is 0.153 e. The van der Waals surface area contributed by atoms with Crippen LogP contribution in [0.15, 0.2) is 18.5 Å². The molecule has 2 aromatic heterocycles. The summed E-state index contributed by atoms with van der Waals surface area (Å²) in [4.78, 5) is 0. The molecule has 0 radical (unpaired) electrons. The number of nitrogens with zero attached hydrogens (tertiary/aromatic N) is 2. The summed E-state index contributed by atoms with van der Waals surface area (Å²) in [5, 5.41) is 4.28. The molecule has 14 heavy (non-hydrogen) atoms. The fourth-order valence-corrected chi connectivity index (χ4v) is 1.68. The summed E-state index contributed by atoms with van der Waals surface area (Å²) < 4.78 is 15.3.